The van der Waals surface area contributed by atoms with Crippen LogP contribution in [-0.4, -0.2) is 54.6 Å². The van der Waals surface area contributed by atoms with E-state index in [1.165, 1.54) is 0 Å². The summed E-state index contributed by atoms with van der Waals surface area (Å²) in [5, 5.41) is 14.8. The number of oxazole rings is 1. The number of carboxylic acids is 1. The van der Waals surface area contributed by atoms with Crippen LogP contribution in [0, 0.1) is 6.92 Å². The number of alkyl halides is 3. The summed E-state index contributed by atoms with van der Waals surface area (Å²) in [6, 6.07) is 7.51. The highest BCUT2D eigenvalue weighted by molar-refractivity contribution is 6.30. The number of hydrogen-bond donors (Lipinski definition) is 3. The van der Waals surface area contributed by atoms with E-state index in [1.807, 2.05) is 31.2 Å². The lowest BCUT2D eigenvalue weighted by Gasteiger charge is -2.28. The van der Waals surface area contributed by atoms with Crippen LogP contribution in [0.5, 0.6) is 0 Å². The van der Waals surface area contributed by atoms with Gasteiger partial charge in [-0.1, -0.05) is 11.6 Å². The van der Waals surface area contributed by atoms with Crippen molar-refractivity contribution in [3.05, 3.63) is 40.7 Å². The Morgan fingerprint density at radius 2 is 2.03 bits per heavy atom. The molecule has 0 bridgehead atoms. The van der Waals surface area contributed by atoms with Crippen LogP contribution in [0.4, 0.5) is 13.2 Å². The third kappa shape index (κ3) is 6.69. The summed E-state index contributed by atoms with van der Waals surface area (Å²) in [4.78, 5) is 13.5. The molecule has 1 unspecified atom stereocenters. The van der Waals surface area contributed by atoms with Crippen molar-refractivity contribution in [3.63, 3.8) is 0 Å². The van der Waals surface area contributed by atoms with Crippen molar-refractivity contribution < 1.29 is 32.2 Å². The molecule has 3 N–H and O–H groups in total. The first-order valence-corrected chi connectivity index (χ1v) is 9.41. The molecule has 0 radical (unpaired) electrons. The molecule has 1 fully saturated rings. The molecule has 2 heterocycles. The molecule has 166 valence electrons. The van der Waals surface area contributed by atoms with E-state index in [0.717, 1.165) is 36.5 Å². The molecule has 1 aromatic heterocycles. The lowest BCUT2D eigenvalue weighted by atomic mass is 10.00. The van der Waals surface area contributed by atoms with Crippen molar-refractivity contribution in [2.75, 3.05) is 26.8 Å². The lowest BCUT2D eigenvalue weighted by molar-refractivity contribution is -0.192. The highest BCUT2D eigenvalue weighted by Crippen LogP contribution is 2.24. The molecule has 11 heteroatoms. The fourth-order valence-corrected chi connectivity index (χ4v) is 3.05. The minimum absolute atomic E-state index is 0.0272. The van der Waals surface area contributed by atoms with Crippen LogP contribution in [-0.2, 0) is 16.1 Å². The largest absolute Gasteiger partial charge is 0.490 e. The van der Waals surface area contributed by atoms with Gasteiger partial charge in [-0.3, -0.25) is 0 Å². The topological polar surface area (TPSA) is 96.6 Å². The van der Waals surface area contributed by atoms with E-state index in [2.05, 4.69) is 15.6 Å². The minimum Gasteiger partial charge on any atom is -0.475 e. The van der Waals surface area contributed by atoms with E-state index in [-0.39, 0.29) is 5.54 Å². The molecule has 3 rings (SSSR count). The molecule has 1 atom stereocenters. The second-order valence-corrected chi connectivity index (χ2v) is 7.26. The van der Waals surface area contributed by atoms with Gasteiger partial charge in [0.2, 0.25) is 5.89 Å². The number of rotatable bonds is 6. The van der Waals surface area contributed by atoms with Crippen LogP contribution in [0.25, 0.3) is 11.5 Å². The maximum atomic E-state index is 10.6. The van der Waals surface area contributed by atoms with Gasteiger partial charge in [-0.2, -0.15) is 13.2 Å². The summed E-state index contributed by atoms with van der Waals surface area (Å²) in [5.41, 5.74) is 1.83. The van der Waals surface area contributed by atoms with Crippen LogP contribution >= 0.6 is 11.6 Å². The fraction of sp³-hybridized carbons (Fsp3) is 0.474. The quantitative estimate of drug-likeness (QED) is 0.622. The van der Waals surface area contributed by atoms with Gasteiger partial charge in [-0.25, -0.2) is 9.78 Å². The summed E-state index contributed by atoms with van der Waals surface area (Å²) >= 11 is 5.92. The van der Waals surface area contributed by atoms with Gasteiger partial charge >= 0.3 is 12.1 Å². The number of hydrogen-bond acceptors (Lipinski definition) is 6. The third-order valence-electron chi connectivity index (χ3n) is 4.52. The van der Waals surface area contributed by atoms with E-state index in [9.17, 15) is 13.2 Å². The molecule has 0 aliphatic carbocycles. The molecule has 1 aromatic carbocycles. The van der Waals surface area contributed by atoms with Gasteiger partial charge in [0.15, 0.2) is 0 Å². The van der Waals surface area contributed by atoms with Gasteiger partial charge in [0.05, 0.1) is 17.8 Å². The molecule has 1 aliphatic rings. The van der Waals surface area contributed by atoms with Crippen LogP contribution in [0.2, 0.25) is 5.02 Å². The number of aromatic nitrogens is 1. The normalized spacial score (nSPS) is 18.7. The smallest absolute Gasteiger partial charge is 0.475 e. The Hall–Kier alpha value is -2.14. The average Bonchev–Trinajstić information content (AvgIpc) is 3.28. The molecular weight excluding hydrogens is 427 g/mol. The van der Waals surface area contributed by atoms with E-state index < -0.39 is 12.1 Å². The van der Waals surface area contributed by atoms with Crippen molar-refractivity contribution >= 4 is 17.6 Å². The molecule has 0 amide bonds. The number of aryl methyl sites for hydroxylation is 1. The number of aliphatic carboxylic acids is 1. The first kappa shape index (κ1) is 24.1. The zero-order chi connectivity index (χ0) is 22.4. The van der Waals surface area contributed by atoms with Gasteiger partial charge in [0, 0.05) is 30.8 Å². The second-order valence-electron chi connectivity index (χ2n) is 6.83. The van der Waals surface area contributed by atoms with Crippen molar-refractivity contribution in [2.45, 2.75) is 31.6 Å². The Bertz CT molecular complexity index is 835. The summed E-state index contributed by atoms with van der Waals surface area (Å²) in [6.45, 7) is 5.19. The molecule has 0 saturated carbocycles. The zero-order valence-corrected chi connectivity index (χ0v) is 17.2. The van der Waals surface area contributed by atoms with Crippen LogP contribution in [0.15, 0.2) is 28.7 Å². The van der Waals surface area contributed by atoms with Gasteiger partial charge in [0.1, 0.15) is 5.76 Å². The third-order valence-corrected chi connectivity index (χ3v) is 4.77. The molecule has 7 nitrogen and oxygen atoms in total. The van der Waals surface area contributed by atoms with Gasteiger partial charge in [-0.05, 0) is 44.2 Å². The fourth-order valence-electron chi connectivity index (χ4n) is 2.92. The zero-order valence-electron chi connectivity index (χ0n) is 16.5. The molecule has 0 spiro atoms. The average molecular weight is 450 g/mol. The van der Waals surface area contributed by atoms with Crippen molar-refractivity contribution in [1.29, 1.82) is 0 Å². The minimum atomic E-state index is -5.08. The molecule has 1 aliphatic heterocycles. The predicted molar refractivity (Wildman–Crippen MR) is 104 cm³/mol. The Morgan fingerprint density at radius 1 is 1.40 bits per heavy atom. The monoisotopic (exact) mass is 449 g/mol. The number of ether oxygens (including phenoxy) is 1. The highest BCUT2D eigenvalue weighted by Gasteiger charge is 2.38. The molecular formula is C19H23ClF3N3O4. The standard InChI is InChI=1S/C17H22ClN3O2.C2HF3O2/c1-12-15(9-20-17(11-22-2)7-8-19-10-17)21-16(23-12)13-3-5-14(18)6-4-13;3-2(4,5)1(6)7/h3-6,19-20H,7-11H2,1-2H3;(H,6,7). The second kappa shape index (κ2) is 10.3. The van der Waals surface area contributed by atoms with Gasteiger partial charge in [-0.15, -0.1) is 0 Å². The number of carbonyl (C=O) groups is 1. The van der Waals surface area contributed by atoms with Crippen molar-refractivity contribution in [3.8, 4) is 11.5 Å². The number of nitrogens with zero attached hydrogens (tertiary/aromatic N) is 1. The summed E-state index contributed by atoms with van der Waals surface area (Å²) in [5.74, 6) is -1.30. The van der Waals surface area contributed by atoms with Crippen LogP contribution in [0.1, 0.15) is 17.9 Å². The summed E-state index contributed by atoms with van der Waals surface area (Å²) in [7, 11) is 1.74. The van der Waals surface area contributed by atoms with Crippen LogP contribution in [0.3, 0.4) is 0 Å². The van der Waals surface area contributed by atoms with E-state index >= 15 is 0 Å². The van der Waals surface area contributed by atoms with E-state index in [1.54, 1.807) is 7.11 Å². The highest BCUT2D eigenvalue weighted by atomic mass is 35.5. The maximum absolute atomic E-state index is 10.6. The Labute approximate surface area is 176 Å². The molecule has 30 heavy (non-hydrogen) atoms. The number of nitrogens with one attached hydrogen (secondary N) is 2. The SMILES string of the molecule is COCC1(NCc2nc(-c3ccc(Cl)cc3)oc2C)CCNC1.O=C(O)C(F)(F)F. The van der Waals surface area contributed by atoms with Crippen molar-refractivity contribution in [1.82, 2.24) is 15.6 Å². The van der Waals surface area contributed by atoms with E-state index in [4.69, 9.17) is 30.7 Å². The molecule has 1 saturated heterocycles. The summed E-state index contributed by atoms with van der Waals surface area (Å²) < 4.78 is 42.9. The van der Waals surface area contributed by atoms with Crippen molar-refractivity contribution in [2.24, 2.45) is 0 Å². The van der Waals surface area contributed by atoms with Gasteiger partial charge in [0.25, 0.3) is 0 Å². The first-order valence-electron chi connectivity index (χ1n) is 9.03. The number of methoxy groups -OCH3 is 1. The predicted octanol–water partition coefficient (Wildman–Crippen LogP) is 3.40. The number of carboxylic acid groups (broad SMARTS) is 1. The number of benzene rings is 1. The Balaban J connectivity index is 0.000000396. The summed E-state index contributed by atoms with van der Waals surface area (Å²) in [6.07, 6.45) is -4.04. The Kier molecular flexibility index (Phi) is 8.25. The molecule has 2 aromatic rings. The van der Waals surface area contributed by atoms with E-state index in [0.29, 0.717) is 24.1 Å². The first-order chi connectivity index (χ1) is 14.1. The lowest BCUT2D eigenvalue weighted by Crippen LogP contribution is -2.50. The maximum Gasteiger partial charge on any atom is 0.490 e. The van der Waals surface area contributed by atoms with Gasteiger partial charge < -0.3 is 24.9 Å². The number of halogens is 4. The Morgan fingerprint density at radius 3 is 2.53 bits per heavy atom. The van der Waals surface area contributed by atoms with Crippen LogP contribution < -0.4 is 10.6 Å².